The second-order valence-corrected chi connectivity index (χ2v) is 5.56. The van der Waals surface area contributed by atoms with Crippen molar-refractivity contribution in [2.75, 3.05) is 38.7 Å². The van der Waals surface area contributed by atoms with Gasteiger partial charge in [-0.15, -0.1) is 0 Å². The van der Waals surface area contributed by atoms with Gasteiger partial charge in [0.15, 0.2) is 0 Å². The van der Waals surface area contributed by atoms with Crippen molar-refractivity contribution in [1.82, 2.24) is 5.32 Å². The number of anilines is 1. The van der Waals surface area contributed by atoms with Crippen LogP contribution in [0.25, 0.3) is 0 Å². The molecule has 1 aromatic carbocycles. The molecular weight excluding hydrogens is 236 g/mol. The van der Waals surface area contributed by atoms with Crippen molar-refractivity contribution in [3.8, 4) is 5.75 Å². The molecule has 1 aliphatic rings. The van der Waals surface area contributed by atoms with Crippen LogP contribution in [0.2, 0.25) is 0 Å². The molecule has 0 atom stereocenters. The van der Waals surface area contributed by atoms with Gasteiger partial charge >= 0.3 is 0 Å². The zero-order valence-electron chi connectivity index (χ0n) is 12.4. The minimum absolute atomic E-state index is 0.892. The van der Waals surface area contributed by atoms with E-state index in [4.69, 9.17) is 4.74 Å². The standard InChI is InChI=1S/C16H26N2O/c1-13-12-15(4-5-16(13)19-3)18(2)11-8-14-6-9-17-10-7-14/h4-5,12,14,17H,6-11H2,1-3H3. The first-order valence-corrected chi connectivity index (χ1v) is 7.27. The Hall–Kier alpha value is -1.22. The van der Waals surface area contributed by atoms with Gasteiger partial charge in [-0.1, -0.05) is 0 Å². The number of piperidine rings is 1. The Morgan fingerprint density at radius 3 is 2.68 bits per heavy atom. The van der Waals surface area contributed by atoms with Gasteiger partial charge in [0, 0.05) is 19.3 Å². The lowest BCUT2D eigenvalue weighted by Crippen LogP contribution is -2.30. The average Bonchev–Trinajstić information content (AvgIpc) is 2.45. The van der Waals surface area contributed by atoms with E-state index in [0.717, 1.165) is 18.2 Å². The first-order chi connectivity index (χ1) is 9.20. The molecule has 0 aliphatic carbocycles. The van der Waals surface area contributed by atoms with Crippen molar-refractivity contribution < 1.29 is 4.74 Å². The molecule has 19 heavy (non-hydrogen) atoms. The molecule has 0 bridgehead atoms. The van der Waals surface area contributed by atoms with E-state index < -0.39 is 0 Å². The molecule has 2 rings (SSSR count). The fraction of sp³-hybridized carbons (Fsp3) is 0.625. The van der Waals surface area contributed by atoms with Crippen molar-refractivity contribution in [2.45, 2.75) is 26.2 Å². The van der Waals surface area contributed by atoms with Gasteiger partial charge in [0.25, 0.3) is 0 Å². The maximum absolute atomic E-state index is 5.31. The second kappa shape index (κ2) is 6.80. The Morgan fingerprint density at radius 2 is 2.05 bits per heavy atom. The largest absolute Gasteiger partial charge is 0.496 e. The van der Waals surface area contributed by atoms with E-state index >= 15 is 0 Å². The predicted octanol–water partition coefficient (Wildman–Crippen LogP) is 2.83. The maximum atomic E-state index is 5.31. The molecule has 0 aromatic heterocycles. The van der Waals surface area contributed by atoms with Crippen LogP contribution in [0.15, 0.2) is 18.2 Å². The molecule has 1 aromatic rings. The average molecular weight is 262 g/mol. The van der Waals surface area contributed by atoms with E-state index in [-0.39, 0.29) is 0 Å². The predicted molar refractivity (Wildman–Crippen MR) is 81.2 cm³/mol. The Bertz CT molecular complexity index is 400. The number of hydrogen-bond acceptors (Lipinski definition) is 3. The lowest BCUT2D eigenvalue weighted by atomic mass is 9.94. The molecule has 3 nitrogen and oxygen atoms in total. The molecule has 1 N–H and O–H groups in total. The fourth-order valence-corrected chi connectivity index (χ4v) is 2.78. The number of hydrogen-bond donors (Lipinski definition) is 1. The molecule has 1 heterocycles. The molecular formula is C16H26N2O. The van der Waals surface area contributed by atoms with Crippen LogP contribution in [0.3, 0.4) is 0 Å². The van der Waals surface area contributed by atoms with E-state index in [9.17, 15) is 0 Å². The minimum atomic E-state index is 0.892. The lowest BCUT2D eigenvalue weighted by Gasteiger charge is -2.26. The minimum Gasteiger partial charge on any atom is -0.496 e. The summed E-state index contributed by atoms with van der Waals surface area (Å²) >= 11 is 0. The molecule has 0 radical (unpaired) electrons. The second-order valence-electron chi connectivity index (χ2n) is 5.56. The third-order valence-corrected chi connectivity index (χ3v) is 4.15. The van der Waals surface area contributed by atoms with Crippen LogP contribution in [-0.4, -0.2) is 33.8 Å². The number of ether oxygens (including phenoxy) is 1. The van der Waals surface area contributed by atoms with Gasteiger partial charge in [-0.2, -0.15) is 0 Å². The van der Waals surface area contributed by atoms with Crippen LogP contribution in [0, 0.1) is 12.8 Å². The van der Waals surface area contributed by atoms with Crippen molar-refractivity contribution >= 4 is 5.69 Å². The quantitative estimate of drug-likeness (QED) is 0.883. The number of rotatable bonds is 5. The highest BCUT2D eigenvalue weighted by Gasteiger charge is 2.13. The smallest absolute Gasteiger partial charge is 0.121 e. The van der Waals surface area contributed by atoms with Gasteiger partial charge < -0.3 is 15.0 Å². The van der Waals surface area contributed by atoms with Gasteiger partial charge in [-0.3, -0.25) is 0 Å². The number of nitrogens with one attached hydrogen (secondary N) is 1. The van der Waals surface area contributed by atoms with E-state index in [1.54, 1.807) is 7.11 Å². The molecule has 0 saturated carbocycles. The van der Waals surface area contributed by atoms with Gasteiger partial charge in [-0.05, 0) is 69.0 Å². The van der Waals surface area contributed by atoms with Gasteiger partial charge in [0.2, 0.25) is 0 Å². The summed E-state index contributed by atoms with van der Waals surface area (Å²) < 4.78 is 5.31. The van der Waals surface area contributed by atoms with Crippen LogP contribution in [0.4, 0.5) is 5.69 Å². The summed E-state index contributed by atoms with van der Waals surface area (Å²) in [5.41, 5.74) is 2.49. The normalized spacial score (nSPS) is 16.4. The Labute approximate surface area is 116 Å². The molecule has 0 amide bonds. The Balaban J connectivity index is 1.88. The molecule has 1 saturated heterocycles. The zero-order chi connectivity index (χ0) is 13.7. The summed E-state index contributed by atoms with van der Waals surface area (Å²) in [4.78, 5) is 2.36. The summed E-state index contributed by atoms with van der Waals surface area (Å²) in [5.74, 6) is 1.86. The molecule has 3 heteroatoms. The lowest BCUT2D eigenvalue weighted by molar-refractivity contribution is 0.356. The summed E-state index contributed by atoms with van der Waals surface area (Å²) in [7, 11) is 3.91. The van der Waals surface area contributed by atoms with Gasteiger partial charge in [-0.25, -0.2) is 0 Å². The molecule has 106 valence electrons. The number of nitrogens with zero attached hydrogens (tertiary/aromatic N) is 1. The maximum Gasteiger partial charge on any atom is 0.121 e. The van der Waals surface area contributed by atoms with Crippen LogP contribution in [0.5, 0.6) is 5.75 Å². The molecule has 0 unspecified atom stereocenters. The van der Waals surface area contributed by atoms with Crippen LogP contribution >= 0.6 is 0 Å². The summed E-state index contributed by atoms with van der Waals surface area (Å²) in [6.07, 6.45) is 3.95. The van der Waals surface area contributed by atoms with E-state index in [2.05, 4.69) is 42.4 Å². The van der Waals surface area contributed by atoms with Crippen molar-refractivity contribution in [1.29, 1.82) is 0 Å². The number of methoxy groups -OCH3 is 1. The van der Waals surface area contributed by atoms with E-state index in [0.29, 0.717) is 0 Å². The number of aryl methyl sites for hydroxylation is 1. The van der Waals surface area contributed by atoms with Crippen LogP contribution in [-0.2, 0) is 0 Å². The van der Waals surface area contributed by atoms with Gasteiger partial charge in [0.05, 0.1) is 7.11 Å². The molecule has 0 spiro atoms. The first kappa shape index (κ1) is 14.2. The van der Waals surface area contributed by atoms with Crippen molar-refractivity contribution in [3.05, 3.63) is 23.8 Å². The Kier molecular flexibility index (Phi) is 5.08. The Morgan fingerprint density at radius 1 is 1.32 bits per heavy atom. The zero-order valence-corrected chi connectivity index (χ0v) is 12.4. The topological polar surface area (TPSA) is 24.5 Å². The highest BCUT2D eigenvalue weighted by Crippen LogP contribution is 2.24. The summed E-state index contributed by atoms with van der Waals surface area (Å²) in [6.45, 7) is 5.62. The molecule has 1 aliphatic heterocycles. The van der Waals surface area contributed by atoms with Gasteiger partial charge in [0.1, 0.15) is 5.75 Å². The fourth-order valence-electron chi connectivity index (χ4n) is 2.78. The SMILES string of the molecule is COc1ccc(N(C)CCC2CCNCC2)cc1C. The van der Waals surface area contributed by atoms with Crippen LogP contribution in [0.1, 0.15) is 24.8 Å². The monoisotopic (exact) mass is 262 g/mol. The summed E-state index contributed by atoms with van der Waals surface area (Å²) in [6, 6.07) is 6.42. The van der Waals surface area contributed by atoms with Crippen molar-refractivity contribution in [3.63, 3.8) is 0 Å². The molecule has 1 fully saturated rings. The first-order valence-electron chi connectivity index (χ1n) is 7.27. The van der Waals surface area contributed by atoms with Crippen LogP contribution < -0.4 is 15.0 Å². The van der Waals surface area contributed by atoms with Crippen molar-refractivity contribution in [2.24, 2.45) is 5.92 Å². The highest BCUT2D eigenvalue weighted by molar-refractivity contribution is 5.52. The highest BCUT2D eigenvalue weighted by atomic mass is 16.5. The third kappa shape index (κ3) is 3.87. The number of benzene rings is 1. The van der Waals surface area contributed by atoms with E-state index in [1.807, 2.05) is 0 Å². The van der Waals surface area contributed by atoms with E-state index in [1.165, 1.54) is 43.6 Å². The summed E-state index contributed by atoms with van der Waals surface area (Å²) in [5, 5.41) is 3.43. The third-order valence-electron chi connectivity index (χ3n) is 4.15.